The Morgan fingerprint density at radius 2 is 1.97 bits per heavy atom. The number of hydrogen-bond acceptors (Lipinski definition) is 7. The van der Waals surface area contributed by atoms with Gasteiger partial charge in [-0.15, -0.1) is 0 Å². The van der Waals surface area contributed by atoms with Crippen molar-refractivity contribution in [2.75, 3.05) is 36.5 Å². The molecule has 1 aliphatic heterocycles. The lowest BCUT2D eigenvalue weighted by atomic mass is 10.1. The molecule has 4 rings (SSSR count). The maximum Gasteiger partial charge on any atom is 0.434 e. The molecular formula is C23H21F3N6O3. The molecule has 1 amide bonds. The third-order valence-electron chi connectivity index (χ3n) is 5.30. The Kier molecular flexibility index (Phi) is 6.82. The topological polar surface area (TPSA) is 126 Å². The highest BCUT2D eigenvalue weighted by atomic mass is 19.4. The fourth-order valence-electron chi connectivity index (χ4n) is 3.62. The summed E-state index contributed by atoms with van der Waals surface area (Å²) in [5, 5.41) is 2.79. The number of carbonyl (C=O) groups excluding carboxylic acids is 1. The average Bonchev–Trinajstić information content (AvgIpc) is 2.84. The van der Waals surface area contributed by atoms with Crippen LogP contribution in [0.25, 0.3) is 10.8 Å². The predicted molar refractivity (Wildman–Crippen MR) is 126 cm³/mol. The van der Waals surface area contributed by atoms with Crippen LogP contribution in [0.4, 0.5) is 30.4 Å². The van der Waals surface area contributed by atoms with Gasteiger partial charge in [-0.2, -0.15) is 13.2 Å². The number of H-pyrrole nitrogens is 1. The van der Waals surface area contributed by atoms with Crippen molar-refractivity contribution in [2.45, 2.75) is 6.18 Å². The number of hydrogen-bond donors (Lipinski definition) is 3. The molecule has 1 saturated heterocycles. The summed E-state index contributed by atoms with van der Waals surface area (Å²) in [5.41, 5.74) is 2.73. The van der Waals surface area contributed by atoms with E-state index in [0.29, 0.717) is 38.3 Å². The Bertz CT molecular complexity index is 1360. The standard InChI is InChI=1S/C23H21F3N6O3/c24-23(25,26)20(31-18-3-1-2-16-15(18)5-7-29-21(16)33)17(13-27)22(34)30-14-4-6-28-19(12-14)32-8-10-35-11-9-32/h1-7,12-13H,8-11,27H2,(H,29,33)(H,28,30,34). The molecule has 0 spiro atoms. The van der Waals surface area contributed by atoms with Crippen molar-refractivity contribution < 1.29 is 22.7 Å². The van der Waals surface area contributed by atoms with Crippen molar-refractivity contribution in [3.05, 3.63) is 70.9 Å². The van der Waals surface area contributed by atoms with Gasteiger partial charge in [-0.05, 0) is 24.3 Å². The van der Waals surface area contributed by atoms with Crippen molar-refractivity contribution in [1.82, 2.24) is 9.97 Å². The van der Waals surface area contributed by atoms with E-state index in [1.165, 1.54) is 42.7 Å². The van der Waals surface area contributed by atoms with Gasteiger partial charge in [-0.3, -0.25) is 9.59 Å². The first kappa shape index (κ1) is 24.0. The van der Waals surface area contributed by atoms with Crippen LogP contribution in [0, 0.1) is 0 Å². The number of anilines is 2. The molecule has 1 fully saturated rings. The number of rotatable bonds is 5. The zero-order valence-electron chi connectivity index (χ0n) is 18.3. The van der Waals surface area contributed by atoms with E-state index in [-0.39, 0.29) is 22.1 Å². The Labute approximate surface area is 197 Å². The van der Waals surface area contributed by atoms with Crippen molar-refractivity contribution >= 4 is 39.6 Å². The van der Waals surface area contributed by atoms with Gasteiger partial charge in [0.2, 0.25) is 0 Å². The average molecular weight is 486 g/mol. The Balaban J connectivity index is 1.67. The van der Waals surface area contributed by atoms with Gasteiger partial charge in [0.1, 0.15) is 5.82 Å². The maximum absolute atomic E-state index is 14.0. The number of nitrogens with zero attached hydrogens (tertiary/aromatic N) is 3. The molecule has 0 atom stereocenters. The second kappa shape index (κ2) is 9.97. The van der Waals surface area contributed by atoms with E-state index >= 15 is 0 Å². The lowest BCUT2D eigenvalue weighted by molar-refractivity contribution is -0.113. The van der Waals surface area contributed by atoms with Crippen molar-refractivity contribution in [1.29, 1.82) is 0 Å². The van der Waals surface area contributed by atoms with E-state index in [2.05, 4.69) is 20.3 Å². The van der Waals surface area contributed by atoms with E-state index < -0.39 is 28.9 Å². The number of halogens is 3. The molecule has 4 N–H and O–H groups in total. The van der Waals surface area contributed by atoms with E-state index in [1.54, 1.807) is 6.07 Å². The molecule has 0 saturated carbocycles. The monoisotopic (exact) mass is 486 g/mol. The highest BCUT2D eigenvalue weighted by Gasteiger charge is 2.40. The third-order valence-corrected chi connectivity index (χ3v) is 5.30. The van der Waals surface area contributed by atoms with Gasteiger partial charge >= 0.3 is 6.18 Å². The number of morpholine rings is 1. The van der Waals surface area contributed by atoms with Crippen LogP contribution >= 0.6 is 0 Å². The fourth-order valence-corrected chi connectivity index (χ4v) is 3.62. The molecule has 1 aliphatic rings. The van der Waals surface area contributed by atoms with E-state index in [0.717, 1.165) is 0 Å². The lowest BCUT2D eigenvalue weighted by Gasteiger charge is -2.28. The molecule has 3 heterocycles. The molecule has 35 heavy (non-hydrogen) atoms. The SMILES string of the molecule is NC=C(C(=O)Nc1ccnc(N2CCOCC2)c1)C(=Nc1cccc2c(=O)[nH]ccc12)C(F)(F)F. The largest absolute Gasteiger partial charge is 0.434 e. The van der Waals surface area contributed by atoms with E-state index in [1.807, 2.05) is 4.90 Å². The number of ether oxygens (including phenoxy) is 1. The number of fused-ring (bicyclic) bond motifs is 1. The fraction of sp³-hybridized carbons (Fsp3) is 0.217. The van der Waals surface area contributed by atoms with E-state index in [4.69, 9.17) is 10.5 Å². The quantitative estimate of drug-likeness (QED) is 0.376. The van der Waals surface area contributed by atoms with Gasteiger partial charge in [-0.25, -0.2) is 9.98 Å². The molecule has 0 aliphatic carbocycles. The summed E-state index contributed by atoms with van der Waals surface area (Å²) in [6.45, 7) is 2.22. The van der Waals surface area contributed by atoms with Crippen LogP contribution < -0.4 is 21.5 Å². The van der Waals surface area contributed by atoms with Crippen LogP contribution in [-0.2, 0) is 9.53 Å². The van der Waals surface area contributed by atoms with Crippen molar-refractivity contribution in [3.8, 4) is 0 Å². The molecule has 2 aromatic heterocycles. The highest BCUT2D eigenvalue weighted by Crippen LogP contribution is 2.30. The second-order valence-electron chi connectivity index (χ2n) is 7.54. The smallest absolute Gasteiger partial charge is 0.404 e. The molecule has 0 radical (unpaired) electrons. The van der Waals surface area contributed by atoms with Gasteiger partial charge < -0.3 is 25.7 Å². The first-order valence-electron chi connectivity index (χ1n) is 10.6. The van der Waals surface area contributed by atoms with Gasteiger partial charge in [0.15, 0.2) is 5.71 Å². The van der Waals surface area contributed by atoms with Crippen molar-refractivity contribution in [3.63, 3.8) is 0 Å². The minimum Gasteiger partial charge on any atom is -0.404 e. The summed E-state index contributed by atoms with van der Waals surface area (Å²) in [7, 11) is 0. The van der Waals surface area contributed by atoms with E-state index in [9.17, 15) is 22.8 Å². The molecule has 3 aromatic rings. The highest BCUT2D eigenvalue weighted by molar-refractivity contribution is 6.27. The van der Waals surface area contributed by atoms with Crippen LogP contribution in [-0.4, -0.2) is 54.1 Å². The van der Waals surface area contributed by atoms with Crippen LogP contribution in [0.3, 0.4) is 0 Å². The predicted octanol–water partition coefficient (Wildman–Crippen LogP) is 2.88. The number of pyridine rings is 2. The molecule has 1 aromatic carbocycles. The number of aromatic nitrogens is 2. The third kappa shape index (κ3) is 5.32. The van der Waals surface area contributed by atoms with Gasteiger partial charge in [0.05, 0.1) is 24.5 Å². The Hall–Kier alpha value is -4.19. The van der Waals surface area contributed by atoms with Gasteiger partial charge in [-0.1, -0.05) is 6.07 Å². The Morgan fingerprint density at radius 3 is 2.69 bits per heavy atom. The normalized spacial score (nSPS) is 15.3. The van der Waals surface area contributed by atoms with Crippen LogP contribution in [0.15, 0.2) is 70.4 Å². The molecule has 9 nitrogen and oxygen atoms in total. The zero-order valence-corrected chi connectivity index (χ0v) is 18.3. The molecular weight excluding hydrogens is 465 g/mol. The lowest BCUT2D eigenvalue weighted by Crippen LogP contribution is -2.36. The summed E-state index contributed by atoms with van der Waals surface area (Å²) >= 11 is 0. The molecule has 182 valence electrons. The summed E-state index contributed by atoms with van der Waals surface area (Å²) in [4.78, 5) is 37.3. The Morgan fingerprint density at radius 1 is 1.20 bits per heavy atom. The number of benzene rings is 1. The number of nitrogens with one attached hydrogen (secondary N) is 2. The van der Waals surface area contributed by atoms with Gasteiger partial charge in [0, 0.05) is 54.2 Å². The summed E-state index contributed by atoms with van der Waals surface area (Å²) in [5.74, 6) is -0.546. The number of nitrogens with two attached hydrogens (primary N) is 1. The number of carbonyl (C=O) groups is 1. The number of alkyl halides is 3. The van der Waals surface area contributed by atoms with Gasteiger partial charge in [0.25, 0.3) is 11.5 Å². The first-order chi connectivity index (χ1) is 16.8. The zero-order chi connectivity index (χ0) is 25.0. The van der Waals surface area contributed by atoms with Crippen molar-refractivity contribution in [2.24, 2.45) is 10.7 Å². The minimum absolute atomic E-state index is 0.133. The second-order valence-corrected chi connectivity index (χ2v) is 7.54. The summed E-state index contributed by atoms with van der Waals surface area (Å²) < 4.78 is 47.4. The van der Waals surface area contributed by atoms with Crippen LogP contribution in [0.2, 0.25) is 0 Å². The van der Waals surface area contributed by atoms with Crippen LogP contribution in [0.1, 0.15) is 0 Å². The summed E-state index contributed by atoms with van der Waals surface area (Å²) in [6, 6.07) is 8.62. The molecule has 0 unspecified atom stereocenters. The molecule has 12 heteroatoms. The first-order valence-corrected chi connectivity index (χ1v) is 10.6. The maximum atomic E-state index is 14.0. The minimum atomic E-state index is -5.01. The number of aromatic amines is 1. The molecule has 0 bridgehead atoms. The number of amides is 1. The summed E-state index contributed by atoms with van der Waals surface area (Å²) in [6.07, 6.45) is -1.70. The number of aliphatic imine (C=N–C) groups is 1. The van der Waals surface area contributed by atoms with Crippen LogP contribution in [0.5, 0.6) is 0 Å².